The van der Waals surface area contributed by atoms with Gasteiger partial charge < -0.3 is 0 Å². The van der Waals surface area contributed by atoms with Crippen molar-refractivity contribution in [2.75, 3.05) is 0 Å². The molecule has 0 spiro atoms. The lowest BCUT2D eigenvalue weighted by Crippen LogP contribution is -2.30. The molecule has 150 heavy (non-hydrogen) atoms. The lowest BCUT2D eigenvalue weighted by Gasteiger charge is -2.37. The summed E-state index contributed by atoms with van der Waals surface area (Å²) in [6.45, 7) is 40.4. The minimum Gasteiger partial charge on any atom is -0.103 e. The van der Waals surface area contributed by atoms with Gasteiger partial charge in [0.1, 0.15) is 0 Å². The van der Waals surface area contributed by atoms with Crippen LogP contribution in [0.2, 0.25) is 0 Å². The van der Waals surface area contributed by atoms with Crippen LogP contribution in [0.1, 0.15) is 301 Å². The fourth-order valence-electron chi connectivity index (χ4n) is 28.0. The molecule has 0 bridgehead atoms. The van der Waals surface area contributed by atoms with E-state index in [-0.39, 0.29) is 27.1 Å². The predicted molar refractivity (Wildman–Crippen MR) is 637 cm³/mol. The van der Waals surface area contributed by atoms with Crippen LogP contribution < -0.4 is 0 Å². The van der Waals surface area contributed by atoms with E-state index in [9.17, 15) is 0 Å². The molecular weight excluding hydrogens is 1800 g/mol. The minimum absolute atomic E-state index is 0.0483. The van der Waals surface area contributed by atoms with E-state index in [0.717, 1.165) is 36.8 Å². The van der Waals surface area contributed by atoms with Gasteiger partial charge >= 0.3 is 0 Å². The summed E-state index contributed by atoms with van der Waals surface area (Å²) in [5, 5.41) is 0. The summed E-state index contributed by atoms with van der Waals surface area (Å²) in [5.74, 6) is 0. The van der Waals surface area contributed by atoms with Gasteiger partial charge in [-0.05, 0) is 422 Å². The molecule has 0 saturated carbocycles. The smallest absolute Gasteiger partial charge is 0.0713 e. The Kier molecular flexibility index (Phi) is 26.8. The summed E-state index contributed by atoms with van der Waals surface area (Å²) in [7, 11) is 0. The Hall–Kier alpha value is -14.3. The van der Waals surface area contributed by atoms with E-state index >= 15 is 0 Å². The van der Waals surface area contributed by atoms with Gasteiger partial charge in [-0.1, -0.05) is 440 Å². The Labute approximate surface area is 895 Å². The summed E-state index contributed by atoms with van der Waals surface area (Å²) < 4.78 is 0. The van der Waals surface area contributed by atoms with Crippen LogP contribution in [0, 0.1) is 69.2 Å². The van der Waals surface area contributed by atoms with E-state index in [2.05, 4.69) is 436 Å². The molecule has 0 aliphatic heterocycles. The Morgan fingerprint density at radius 1 is 0.200 bits per heavy atom. The van der Waals surface area contributed by atoms with Crippen molar-refractivity contribution in [2.24, 2.45) is 0 Å². The van der Waals surface area contributed by atoms with Crippen LogP contribution in [0.4, 0.5) is 0 Å². The van der Waals surface area contributed by atoms with E-state index in [1.807, 2.05) is 12.2 Å². The molecule has 17 aromatic carbocycles. The second kappa shape index (κ2) is 40.5. The fraction of sp³-hybridized carbons (Fsp3) is 0.267. The number of hydrogen-bond donors (Lipinski definition) is 0. The van der Waals surface area contributed by atoms with Crippen molar-refractivity contribution in [1.82, 2.24) is 0 Å². The zero-order valence-corrected chi connectivity index (χ0v) is 90.7. The number of unbranched alkanes of at least 4 members (excludes halogenated alkanes) is 4. The molecule has 0 fully saturated rings. The van der Waals surface area contributed by atoms with Crippen molar-refractivity contribution in [2.45, 2.75) is 257 Å². The van der Waals surface area contributed by atoms with Crippen LogP contribution in [-0.4, -0.2) is 0 Å². The van der Waals surface area contributed by atoms with E-state index < -0.39 is 0 Å². The number of fused-ring (bicyclic) bond motifs is 20. The van der Waals surface area contributed by atoms with Gasteiger partial charge in [-0.2, -0.15) is 0 Å². The van der Waals surface area contributed by atoms with Gasteiger partial charge in [0.05, 0.1) is 10.8 Å². The van der Waals surface area contributed by atoms with E-state index in [1.165, 1.54) is 340 Å². The summed E-state index contributed by atoms with van der Waals surface area (Å²) in [6.07, 6.45) is 37.6. The van der Waals surface area contributed by atoms with Crippen LogP contribution in [0.3, 0.4) is 0 Å². The van der Waals surface area contributed by atoms with Crippen LogP contribution in [0.25, 0.3) is 67.8 Å². The van der Waals surface area contributed by atoms with Crippen LogP contribution in [-0.2, 0) is 104 Å². The molecule has 0 aromatic heterocycles. The Morgan fingerprint density at radius 3 is 0.693 bits per heavy atom. The molecule has 10 aliphatic carbocycles. The summed E-state index contributed by atoms with van der Waals surface area (Å²) in [4.78, 5) is 0. The number of rotatable bonds is 25. The molecule has 0 heteroatoms. The molecule has 0 atom stereocenters. The Morgan fingerprint density at radius 2 is 0.427 bits per heavy atom. The van der Waals surface area contributed by atoms with Crippen molar-refractivity contribution in [3.8, 4) is 55.6 Å². The average Bonchev–Trinajstić information content (AvgIpc) is 1.53. The van der Waals surface area contributed by atoms with Crippen molar-refractivity contribution >= 4 is 12.2 Å². The van der Waals surface area contributed by atoms with Crippen molar-refractivity contribution in [1.29, 1.82) is 0 Å². The molecule has 0 N–H and O–H groups in total. The second-order valence-corrected chi connectivity index (χ2v) is 46.4. The molecule has 0 nitrogen and oxygen atoms in total. The van der Waals surface area contributed by atoms with Gasteiger partial charge in [0.25, 0.3) is 0 Å². The first-order valence-electron chi connectivity index (χ1n) is 56.4. The lowest BCUT2D eigenvalue weighted by atomic mass is 9.65. The Bertz CT molecular complexity index is 7760. The molecular formula is C150H146. The molecule has 10 aliphatic rings. The SMILES string of the molecule is C=CCCC1(CCC=C)c2cc(C)ccc2-c2ccc(C)cc21.C=Cc1ccc(C2(c3ccc(C=C)cc3)c3cc(C)ccc3-c3ccc(C)cc32)cc1.Cc1ccc2c(c1)C(C)(c1ccc3c(c1)CC3)c1cc(C)ccc1-2.Cc1ccc2c(c1)C(CCCCCc1ccc3c(c1)CC3)(CCCCCc1ccc3c(c1)CC3)c1cc(C)ccc1-2.Cc1ccc2c(c1)C(c1ccc3c(c1)CC3)(c1ccc3c(c1)CC3)c1cc(C)ccc1-2. The second-order valence-electron chi connectivity index (χ2n) is 46.4. The highest BCUT2D eigenvalue weighted by Crippen LogP contribution is 2.63. The fourth-order valence-corrected chi connectivity index (χ4v) is 28.0. The summed E-state index contributed by atoms with van der Waals surface area (Å²) in [5.41, 5.74) is 69.6. The number of hydrogen-bond acceptors (Lipinski definition) is 0. The summed E-state index contributed by atoms with van der Waals surface area (Å²) >= 11 is 0. The lowest BCUT2D eigenvalue weighted by molar-refractivity contribution is 0.401. The monoisotopic (exact) mass is 1950 g/mol. The standard InChI is InChI=1S/C41H46.2C31H26.C24H22.C23H26/c1-29-11-21-37-38-22-12-30(2)26-40(38)41(39(37)25-29,23-7-3-5-9-31-13-15-33-17-19-35(33)27-31)24-8-4-6-10-32-14-16-34-18-20-36(34)28-32;1-19-3-13-27-28-14-4-20(2)16-30(28)31(29(27)15-19,25-11-9-21-5-7-23(21)17-25)26-12-10-22-6-8-24(22)18-26;1-5-23-9-13-25(14-10-23)31(26-15-11-24(6-2)12-16-26)29-19-21(3)7-17-27(29)28-18-8-22(4)20-30(28)31;1-15-4-10-20-21-11-5-16(2)13-23(21)24(3,22(20)12-15)19-9-8-17-6-7-18(17)14-19;1-5-7-13-23(14-8-6-2)21-15-17(3)9-11-19(21)20-12-10-18(4)16-22(20)23/h11-16,21-22,25-28H,3-10,17-20,23-24H2,1-2H3;3-4,9-18H,5-8H2,1-2H3;5-20H,1-2H2,3-4H3;4-5,8-14H,6-7H2,1-3H3;5-6,9-12,15-16H,1-2,7-8,13-14H2,3-4H3. The summed E-state index contributed by atoms with van der Waals surface area (Å²) in [6, 6.07) is 124. The van der Waals surface area contributed by atoms with Gasteiger partial charge in [0.15, 0.2) is 0 Å². The maximum absolute atomic E-state index is 3.96. The van der Waals surface area contributed by atoms with Crippen molar-refractivity contribution in [3.05, 3.63) is 577 Å². The van der Waals surface area contributed by atoms with Crippen LogP contribution >= 0.6 is 0 Å². The molecule has 27 rings (SSSR count). The number of allylic oxidation sites excluding steroid dienone is 2. The molecule has 0 radical (unpaired) electrons. The minimum atomic E-state index is -0.359. The molecule has 0 unspecified atom stereocenters. The molecule has 17 aromatic rings. The first-order chi connectivity index (χ1) is 73.0. The zero-order chi connectivity index (χ0) is 103. The highest BCUT2D eigenvalue weighted by Gasteiger charge is 2.51. The predicted octanol–water partition coefficient (Wildman–Crippen LogP) is 37.4. The van der Waals surface area contributed by atoms with Gasteiger partial charge in [0, 0.05) is 16.2 Å². The molecule has 0 saturated heterocycles. The maximum atomic E-state index is 3.96. The third-order valence-electron chi connectivity index (χ3n) is 36.7. The van der Waals surface area contributed by atoms with Crippen LogP contribution in [0.15, 0.2) is 360 Å². The first kappa shape index (κ1) is 99.0. The van der Waals surface area contributed by atoms with E-state index in [0.29, 0.717) is 0 Å². The van der Waals surface area contributed by atoms with Gasteiger partial charge in [-0.3, -0.25) is 0 Å². The molecule has 0 amide bonds. The maximum Gasteiger partial charge on any atom is 0.0713 e. The normalized spacial score (nSPS) is 15.1. The van der Waals surface area contributed by atoms with Crippen LogP contribution in [0.5, 0.6) is 0 Å². The third kappa shape index (κ3) is 17.4. The van der Waals surface area contributed by atoms with E-state index in [1.54, 1.807) is 50.1 Å². The topological polar surface area (TPSA) is 0 Å². The highest BCUT2D eigenvalue weighted by atomic mass is 14.5. The van der Waals surface area contributed by atoms with Gasteiger partial charge in [0.2, 0.25) is 0 Å². The van der Waals surface area contributed by atoms with Crippen molar-refractivity contribution < 1.29 is 0 Å². The first-order valence-corrected chi connectivity index (χ1v) is 56.4. The largest absolute Gasteiger partial charge is 0.103 e. The number of aryl methyl sites for hydroxylation is 22. The number of benzene rings is 17. The molecule has 0 heterocycles. The quantitative estimate of drug-likeness (QED) is 0.0395. The van der Waals surface area contributed by atoms with Gasteiger partial charge in [-0.15, -0.1) is 13.2 Å². The van der Waals surface area contributed by atoms with Gasteiger partial charge in [-0.25, -0.2) is 0 Å². The Balaban J connectivity index is 0.000000104. The van der Waals surface area contributed by atoms with E-state index in [4.69, 9.17) is 0 Å². The third-order valence-corrected chi connectivity index (χ3v) is 36.7. The molecule has 746 valence electrons. The highest BCUT2D eigenvalue weighted by molar-refractivity contribution is 5.91. The zero-order valence-electron chi connectivity index (χ0n) is 90.7. The van der Waals surface area contributed by atoms with Crippen molar-refractivity contribution in [3.63, 3.8) is 0 Å². The average molecular weight is 1950 g/mol.